The summed E-state index contributed by atoms with van der Waals surface area (Å²) in [5.74, 6) is 0.403. The molecule has 0 saturated carbocycles. The third kappa shape index (κ3) is 3.59. The van der Waals surface area contributed by atoms with Crippen LogP contribution >= 0.6 is 0 Å². The van der Waals surface area contributed by atoms with Crippen molar-refractivity contribution in [2.24, 2.45) is 5.92 Å². The number of carbonyl (C=O) groups excluding carboxylic acids is 1. The molecule has 3 nitrogen and oxygen atoms in total. The van der Waals surface area contributed by atoms with Gasteiger partial charge in [-0.25, -0.2) is 0 Å². The Morgan fingerprint density at radius 1 is 1.69 bits per heavy atom. The maximum atomic E-state index is 11.4. The van der Waals surface area contributed by atoms with E-state index < -0.39 is 0 Å². The summed E-state index contributed by atoms with van der Waals surface area (Å²) in [4.78, 5) is 11.4. The van der Waals surface area contributed by atoms with Crippen molar-refractivity contribution in [1.29, 1.82) is 0 Å². The van der Waals surface area contributed by atoms with Gasteiger partial charge in [-0.2, -0.15) is 0 Å². The Morgan fingerprint density at radius 2 is 2.54 bits per heavy atom. The first kappa shape index (κ1) is 10.3. The van der Waals surface area contributed by atoms with E-state index in [1.54, 1.807) is 0 Å². The maximum Gasteiger partial charge on any atom is 0.224 e. The van der Waals surface area contributed by atoms with Gasteiger partial charge in [0.05, 0.1) is 5.92 Å². The van der Waals surface area contributed by atoms with Crippen molar-refractivity contribution < 1.29 is 4.79 Å². The standard InChI is InChI=1S/C10H18N2O/c1-2-3-4-6-12-10(13)9-5-7-11-8-9/h2-3,9,11H,4-8H2,1H3,(H,12,13)/b3-2+. The van der Waals surface area contributed by atoms with E-state index >= 15 is 0 Å². The highest BCUT2D eigenvalue weighted by Crippen LogP contribution is 2.06. The molecule has 0 aromatic rings. The van der Waals surface area contributed by atoms with E-state index in [-0.39, 0.29) is 11.8 Å². The van der Waals surface area contributed by atoms with Gasteiger partial charge in [0.2, 0.25) is 5.91 Å². The van der Waals surface area contributed by atoms with Crippen LogP contribution in [0, 0.1) is 5.92 Å². The van der Waals surface area contributed by atoms with Crippen molar-refractivity contribution >= 4 is 5.91 Å². The topological polar surface area (TPSA) is 41.1 Å². The molecule has 13 heavy (non-hydrogen) atoms. The van der Waals surface area contributed by atoms with Gasteiger partial charge >= 0.3 is 0 Å². The maximum absolute atomic E-state index is 11.4. The van der Waals surface area contributed by atoms with Gasteiger partial charge in [0.15, 0.2) is 0 Å². The summed E-state index contributed by atoms with van der Waals surface area (Å²) in [7, 11) is 0. The number of allylic oxidation sites excluding steroid dienone is 1. The molecule has 1 unspecified atom stereocenters. The second-order valence-corrected chi connectivity index (χ2v) is 3.34. The molecule has 2 N–H and O–H groups in total. The SMILES string of the molecule is C/C=C/CCNC(=O)C1CCNC1. The third-order valence-electron chi connectivity index (χ3n) is 2.28. The minimum absolute atomic E-state index is 0.200. The highest BCUT2D eigenvalue weighted by molar-refractivity contribution is 5.79. The van der Waals surface area contributed by atoms with Gasteiger partial charge in [0, 0.05) is 13.1 Å². The summed E-state index contributed by atoms with van der Waals surface area (Å²) in [5.41, 5.74) is 0. The molecule has 74 valence electrons. The first-order chi connectivity index (χ1) is 6.34. The largest absolute Gasteiger partial charge is 0.356 e. The lowest BCUT2D eigenvalue weighted by atomic mass is 10.1. The van der Waals surface area contributed by atoms with Gasteiger partial charge in [0.25, 0.3) is 0 Å². The predicted molar refractivity (Wildman–Crippen MR) is 53.4 cm³/mol. The van der Waals surface area contributed by atoms with Gasteiger partial charge in [0.1, 0.15) is 0 Å². The Balaban J connectivity index is 2.09. The first-order valence-electron chi connectivity index (χ1n) is 4.94. The average Bonchev–Trinajstić information content (AvgIpc) is 2.65. The fourth-order valence-corrected chi connectivity index (χ4v) is 1.47. The van der Waals surface area contributed by atoms with Crippen LogP contribution in [0.1, 0.15) is 19.8 Å². The summed E-state index contributed by atoms with van der Waals surface area (Å²) in [5, 5.41) is 6.11. The average molecular weight is 182 g/mol. The Morgan fingerprint density at radius 3 is 3.15 bits per heavy atom. The molecule has 1 atom stereocenters. The van der Waals surface area contributed by atoms with Gasteiger partial charge in [-0.05, 0) is 26.3 Å². The molecule has 0 aliphatic carbocycles. The number of hydrogen-bond donors (Lipinski definition) is 2. The predicted octanol–water partition coefficient (Wildman–Crippen LogP) is 0.678. The highest BCUT2D eigenvalue weighted by Gasteiger charge is 2.21. The van der Waals surface area contributed by atoms with Crippen molar-refractivity contribution in [3.05, 3.63) is 12.2 Å². The quantitative estimate of drug-likeness (QED) is 0.496. The van der Waals surface area contributed by atoms with E-state index in [0.29, 0.717) is 0 Å². The number of carbonyl (C=O) groups is 1. The van der Waals surface area contributed by atoms with Crippen molar-refractivity contribution in [1.82, 2.24) is 10.6 Å². The number of nitrogens with one attached hydrogen (secondary N) is 2. The van der Waals surface area contributed by atoms with Crippen molar-refractivity contribution in [2.45, 2.75) is 19.8 Å². The molecule has 1 aliphatic rings. The molecule has 0 radical (unpaired) electrons. The zero-order valence-corrected chi connectivity index (χ0v) is 8.18. The van der Waals surface area contributed by atoms with Crippen LogP contribution in [0.4, 0.5) is 0 Å². The Bertz CT molecular complexity index is 183. The van der Waals surface area contributed by atoms with Gasteiger partial charge < -0.3 is 10.6 Å². The molecule has 1 saturated heterocycles. The van der Waals surface area contributed by atoms with Crippen LogP contribution in [-0.4, -0.2) is 25.5 Å². The number of hydrogen-bond acceptors (Lipinski definition) is 2. The minimum atomic E-state index is 0.200. The second kappa shape index (κ2) is 5.75. The summed E-state index contributed by atoms with van der Waals surface area (Å²) in [6, 6.07) is 0. The lowest BCUT2D eigenvalue weighted by molar-refractivity contribution is -0.124. The van der Waals surface area contributed by atoms with Crippen LogP contribution in [0.5, 0.6) is 0 Å². The summed E-state index contributed by atoms with van der Waals surface area (Å²) in [6.45, 7) is 4.57. The van der Waals surface area contributed by atoms with Gasteiger partial charge in [-0.3, -0.25) is 4.79 Å². The fourth-order valence-electron chi connectivity index (χ4n) is 1.47. The molecule has 1 fully saturated rings. The van der Waals surface area contributed by atoms with Crippen molar-refractivity contribution in [3.8, 4) is 0 Å². The Kier molecular flexibility index (Phi) is 4.54. The van der Waals surface area contributed by atoms with Crippen molar-refractivity contribution in [3.63, 3.8) is 0 Å². The van der Waals surface area contributed by atoms with Crippen LogP contribution in [-0.2, 0) is 4.79 Å². The van der Waals surface area contributed by atoms with Crippen molar-refractivity contribution in [2.75, 3.05) is 19.6 Å². The number of rotatable bonds is 4. The van der Waals surface area contributed by atoms with Crippen LogP contribution in [0.2, 0.25) is 0 Å². The van der Waals surface area contributed by atoms with Crippen LogP contribution < -0.4 is 10.6 Å². The van der Waals surface area contributed by atoms with Gasteiger partial charge in [-0.15, -0.1) is 0 Å². The second-order valence-electron chi connectivity index (χ2n) is 3.34. The van der Waals surface area contributed by atoms with E-state index in [0.717, 1.165) is 32.5 Å². The zero-order valence-electron chi connectivity index (χ0n) is 8.18. The van der Waals surface area contributed by atoms with Crippen LogP contribution in [0.25, 0.3) is 0 Å². The lowest BCUT2D eigenvalue weighted by Gasteiger charge is -2.08. The zero-order chi connectivity index (χ0) is 9.52. The normalized spacial score (nSPS) is 22.4. The first-order valence-corrected chi connectivity index (χ1v) is 4.94. The van der Waals surface area contributed by atoms with Gasteiger partial charge in [-0.1, -0.05) is 12.2 Å². The molecular weight excluding hydrogens is 164 g/mol. The van der Waals surface area contributed by atoms with E-state index in [2.05, 4.69) is 16.7 Å². The number of amides is 1. The molecule has 0 spiro atoms. The fraction of sp³-hybridized carbons (Fsp3) is 0.700. The Hall–Kier alpha value is -0.830. The molecule has 1 rings (SSSR count). The van der Waals surface area contributed by atoms with E-state index in [1.165, 1.54) is 0 Å². The Labute approximate surface area is 79.6 Å². The van der Waals surface area contributed by atoms with E-state index in [1.807, 2.05) is 13.0 Å². The third-order valence-corrected chi connectivity index (χ3v) is 2.28. The summed E-state index contributed by atoms with van der Waals surface area (Å²) >= 11 is 0. The molecule has 0 aromatic heterocycles. The molecule has 0 bridgehead atoms. The summed E-state index contributed by atoms with van der Waals surface area (Å²) < 4.78 is 0. The van der Waals surface area contributed by atoms with Crippen LogP contribution in [0.15, 0.2) is 12.2 Å². The minimum Gasteiger partial charge on any atom is -0.356 e. The lowest BCUT2D eigenvalue weighted by Crippen LogP contribution is -2.32. The summed E-state index contributed by atoms with van der Waals surface area (Å²) in [6.07, 6.45) is 5.98. The van der Waals surface area contributed by atoms with E-state index in [4.69, 9.17) is 0 Å². The monoisotopic (exact) mass is 182 g/mol. The van der Waals surface area contributed by atoms with E-state index in [9.17, 15) is 4.79 Å². The molecule has 0 aromatic carbocycles. The smallest absolute Gasteiger partial charge is 0.224 e. The molecule has 1 aliphatic heterocycles. The molecule has 1 amide bonds. The van der Waals surface area contributed by atoms with Crippen LogP contribution in [0.3, 0.4) is 0 Å². The molecule has 1 heterocycles. The highest BCUT2D eigenvalue weighted by atomic mass is 16.1. The molecular formula is C10H18N2O. The molecule has 3 heteroatoms.